The van der Waals surface area contributed by atoms with Gasteiger partial charge in [0.15, 0.2) is 16.3 Å². The predicted molar refractivity (Wildman–Crippen MR) is 152 cm³/mol. The van der Waals surface area contributed by atoms with Crippen LogP contribution in [0.4, 0.5) is 4.39 Å². The fraction of sp³-hybridized carbons (Fsp3) is 0.194. The summed E-state index contributed by atoms with van der Waals surface area (Å²) in [5.41, 5.74) is 2.28. The molecule has 3 aromatic carbocycles. The number of carbonyl (C=O) groups excluding carboxylic acids is 1. The third-order valence-corrected chi connectivity index (χ3v) is 7.33. The molecular weight excluding hydrogens is 531 g/mol. The summed E-state index contributed by atoms with van der Waals surface area (Å²) in [6.07, 6.45) is 1.75. The molecule has 1 aromatic heterocycles. The fourth-order valence-corrected chi connectivity index (χ4v) is 5.60. The van der Waals surface area contributed by atoms with Gasteiger partial charge in [0.1, 0.15) is 5.82 Å². The third kappa shape index (κ3) is 5.20. The monoisotopic (exact) mass is 558 g/mol. The van der Waals surface area contributed by atoms with Gasteiger partial charge in [-0.15, -0.1) is 0 Å². The molecule has 0 radical (unpaired) electrons. The number of halogens is 1. The van der Waals surface area contributed by atoms with E-state index in [1.54, 1.807) is 44.4 Å². The molecule has 0 saturated carbocycles. The van der Waals surface area contributed by atoms with Crippen molar-refractivity contribution in [2.24, 2.45) is 4.99 Å². The van der Waals surface area contributed by atoms with E-state index in [1.165, 1.54) is 28.0 Å². The van der Waals surface area contributed by atoms with Crippen LogP contribution in [0.25, 0.3) is 11.8 Å². The SMILES string of the molecule is CCOC(=O)C1=C(c2ccccc2)N=c2s/c(=C\c3ccc(OC)c(OCC)c3)c(=O)n2[C@@H]1c1ccc(F)cc1. The van der Waals surface area contributed by atoms with E-state index < -0.39 is 17.8 Å². The molecule has 1 aliphatic heterocycles. The van der Waals surface area contributed by atoms with Gasteiger partial charge in [0.05, 0.1) is 42.2 Å². The fourth-order valence-electron chi connectivity index (χ4n) is 4.60. The lowest BCUT2D eigenvalue weighted by molar-refractivity contribution is -0.138. The molecular formula is C31H27FN2O5S. The summed E-state index contributed by atoms with van der Waals surface area (Å²) in [6.45, 7) is 4.20. The van der Waals surface area contributed by atoms with E-state index in [0.29, 0.717) is 44.3 Å². The van der Waals surface area contributed by atoms with Gasteiger partial charge in [0, 0.05) is 5.56 Å². The first-order valence-electron chi connectivity index (χ1n) is 12.8. The number of aromatic nitrogens is 1. The van der Waals surface area contributed by atoms with Gasteiger partial charge in [-0.25, -0.2) is 14.2 Å². The van der Waals surface area contributed by atoms with Crippen molar-refractivity contribution in [2.45, 2.75) is 19.9 Å². The van der Waals surface area contributed by atoms with Crippen LogP contribution in [-0.2, 0) is 9.53 Å². The number of rotatable bonds is 8. The van der Waals surface area contributed by atoms with Gasteiger partial charge in [0.25, 0.3) is 5.56 Å². The van der Waals surface area contributed by atoms with Gasteiger partial charge in [-0.3, -0.25) is 9.36 Å². The minimum absolute atomic E-state index is 0.143. The van der Waals surface area contributed by atoms with Crippen molar-refractivity contribution in [3.8, 4) is 11.5 Å². The molecule has 0 fully saturated rings. The minimum Gasteiger partial charge on any atom is -0.493 e. The van der Waals surface area contributed by atoms with Crippen molar-refractivity contribution < 1.29 is 23.4 Å². The molecule has 0 spiro atoms. The Morgan fingerprint density at radius 1 is 1.02 bits per heavy atom. The van der Waals surface area contributed by atoms with Gasteiger partial charge in [-0.05, 0) is 55.3 Å². The molecule has 1 atom stereocenters. The van der Waals surface area contributed by atoms with Crippen molar-refractivity contribution in [1.29, 1.82) is 0 Å². The van der Waals surface area contributed by atoms with Gasteiger partial charge in [0.2, 0.25) is 0 Å². The largest absolute Gasteiger partial charge is 0.493 e. The molecule has 0 bridgehead atoms. The molecule has 40 heavy (non-hydrogen) atoms. The van der Waals surface area contributed by atoms with Crippen LogP contribution in [0.3, 0.4) is 0 Å². The Bertz CT molecular complexity index is 1760. The third-order valence-electron chi connectivity index (χ3n) is 6.34. The van der Waals surface area contributed by atoms with E-state index in [-0.39, 0.29) is 17.7 Å². The number of carbonyl (C=O) groups is 1. The smallest absolute Gasteiger partial charge is 0.338 e. The molecule has 0 saturated heterocycles. The summed E-state index contributed by atoms with van der Waals surface area (Å²) in [7, 11) is 1.57. The highest BCUT2D eigenvalue weighted by atomic mass is 32.1. The molecule has 0 N–H and O–H groups in total. The van der Waals surface area contributed by atoms with Gasteiger partial charge < -0.3 is 14.2 Å². The lowest BCUT2D eigenvalue weighted by atomic mass is 9.93. The Morgan fingerprint density at radius 2 is 1.77 bits per heavy atom. The van der Waals surface area contributed by atoms with Crippen LogP contribution in [0.1, 0.15) is 36.6 Å². The average Bonchev–Trinajstić information content (AvgIpc) is 3.28. The number of fused-ring (bicyclic) bond motifs is 1. The van der Waals surface area contributed by atoms with E-state index in [9.17, 15) is 14.0 Å². The molecule has 5 rings (SSSR count). The molecule has 1 aliphatic rings. The van der Waals surface area contributed by atoms with Crippen molar-refractivity contribution in [2.75, 3.05) is 20.3 Å². The highest BCUT2D eigenvalue weighted by molar-refractivity contribution is 7.07. The van der Waals surface area contributed by atoms with E-state index >= 15 is 0 Å². The highest BCUT2D eigenvalue weighted by Crippen LogP contribution is 2.35. The highest BCUT2D eigenvalue weighted by Gasteiger charge is 2.35. The zero-order valence-corrected chi connectivity index (χ0v) is 23.0. The molecule has 0 amide bonds. The number of methoxy groups -OCH3 is 1. The number of thiazole rings is 1. The van der Waals surface area contributed by atoms with Crippen molar-refractivity contribution >= 4 is 29.1 Å². The van der Waals surface area contributed by atoms with Crippen LogP contribution in [0, 0.1) is 5.82 Å². The Labute approximate surface area is 234 Å². The predicted octanol–water partition coefficient (Wildman–Crippen LogP) is 4.48. The zero-order chi connectivity index (χ0) is 28.2. The summed E-state index contributed by atoms with van der Waals surface area (Å²) in [6, 6.07) is 19.6. The first kappa shape index (κ1) is 27.1. The summed E-state index contributed by atoms with van der Waals surface area (Å²) in [5.74, 6) is 0.131. The topological polar surface area (TPSA) is 79.1 Å². The van der Waals surface area contributed by atoms with Crippen LogP contribution >= 0.6 is 11.3 Å². The average molecular weight is 559 g/mol. The first-order valence-corrected chi connectivity index (χ1v) is 13.6. The van der Waals surface area contributed by atoms with E-state index in [4.69, 9.17) is 19.2 Å². The Hall–Kier alpha value is -4.50. The second kappa shape index (κ2) is 11.7. The number of ether oxygens (including phenoxy) is 3. The number of nitrogens with zero attached hydrogens (tertiary/aromatic N) is 2. The summed E-state index contributed by atoms with van der Waals surface area (Å²) in [5, 5.41) is 0. The van der Waals surface area contributed by atoms with Crippen LogP contribution < -0.4 is 24.4 Å². The van der Waals surface area contributed by atoms with Crippen LogP contribution in [0.5, 0.6) is 11.5 Å². The van der Waals surface area contributed by atoms with Crippen molar-refractivity contribution in [3.63, 3.8) is 0 Å². The van der Waals surface area contributed by atoms with Crippen molar-refractivity contribution in [1.82, 2.24) is 4.57 Å². The molecule has 7 nitrogen and oxygen atoms in total. The molecule has 4 aromatic rings. The van der Waals surface area contributed by atoms with Gasteiger partial charge >= 0.3 is 5.97 Å². The lowest BCUT2D eigenvalue weighted by Crippen LogP contribution is -2.40. The number of esters is 1. The van der Waals surface area contributed by atoms with Gasteiger partial charge in [-0.1, -0.05) is 59.9 Å². The summed E-state index contributed by atoms with van der Waals surface area (Å²) in [4.78, 5) is 32.6. The van der Waals surface area contributed by atoms with Crippen LogP contribution in [-0.4, -0.2) is 30.9 Å². The summed E-state index contributed by atoms with van der Waals surface area (Å²) < 4.78 is 32.3. The number of hydrogen-bond acceptors (Lipinski definition) is 7. The zero-order valence-electron chi connectivity index (χ0n) is 22.2. The second-order valence-electron chi connectivity index (χ2n) is 8.83. The summed E-state index contributed by atoms with van der Waals surface area (Å²) >= 11 is 1.21. The quantitative estimate of drug-likeness (QED) is 0.298. The van der Waals surface area contributed by atoms with Crippen LogP contribution in [0.15, 0.2) is 88.2 Å². The Balaban J connectivity index is 1.78. The Morgan fingerprint density at radius 3 is 2.45 bits per heavy atom. The molecule has 2 heterocycles. The van der Waals surface area contributed by atoms with Crippen LogP contribution in [0.2, 0.25) is 0 Å². The van der Waals surface area contributed by atoms with E-state index in [2.05, 4.69) is 0 Å². The van der Waals surface area contributed by atoms with Gasteiger partial charge in [-0.2, -0.15) is 0 Å². The molecule has 0 unspecified atom stereocenters. The second-order valence-corrected chi connectivity index (χ2v) is 9.84. The van der Waals surface area contributed by atoms with E-state index in [0.717, 1.165) is 5.56 Å². The minimum atomic E-state index is -0.872. The lowest BCUT2D eigenvalue weighted by Gasteiger charge is -2.25. The maximum absolute atomic E-state index is 13.9. The number of hydrogen-bond donors (Lipinski definition) is 0. The van der Waals surface area contributed by atoms with Crippen molar-refractivity contribution in [3.05, 3.63) is 121 Å². The Kier molecular flexibility index (Phi) is 7.93. The van der Waals surface area contributed by atoms with E-state index in [1.807, 2.05) is 43.3 Å². The maximum Gasteiger partial charge on any atom is 0.338 e. The molecule has 204 valence electrons. The standard InChI is InChI=1S/C31H27FN2O5S/c1-4-38-24-17-19(11-16-23(24)37-3)18-25-29(35)34-28(21-12-14-22(32)15-13-21)26(30(36)39-5-2)27(33-31(34)40-25)20-9-7-6-8-10-20/h6-18,28H,4-5H2,1-3H3/b25-18-/t28-/m1/s1. The number of benzene rings is 3. The molecule has 0 aliphatic carbocycles. The maximum atomic E-state index is 13.9. The molecule has 9 heteroatoms. The first-order chi connectivity index (χ1) is 19.4. The normalized spacial score (nSPS) is 14.9.